The second-order valence-corrected chi connectivity index (χ2v) is 6.50. The average Bonchev–Trinajstić information content (AvgIpc) is 3.04. The van der Waals surface area contributed by atoms with E-state index in [2.05, 4.69) is 20.1 Å². The van der Waals surface area contributed by atoms with Crippen LogP contribution in [0.4, 0.5) is 5.69 Å². The topological polar surface area (TPSA) is 102 Å². The van der Waals surface area contributed by atoms with Crippen molar-refractivity contribution in [3.63, 3.8) is 0 Å². The highest BCUT2D eigenvalue weighted by Crippen LogP contribution is 2.23. The molecule has 3 rings (SSSR count). The van der Waals surface area contributed by atoms with Gasteiger partial charge < -0.3 is 4.57 Å². The lowest BCUT2D eigenvalue weighted by atomic mass is 10.2. The molecule has 2 aromatic carbocycles. The summed E-state index contributed by atoms with van der Waals surface area (Å²) < 4.78 is 2.06. The lowest BCUT2D eigenvalue weighted by molar-refractivity contribution is -0.384. The van der Waals surface area contributed by atoms with Crippen molar-refractivity contribution in [1.29, 1.82) is 0 Å². The van der Waals surface area contributed by atoms with Gasteiger partial charge >= 0.3 is 0 Å². The maximum absolute atomic E-state index is 12.0. The number of carbonyl (C=O) groups is 1. The Kier molecular flexibility index (Phi) is 5.82. The second kappa shape index (κ2) is 8.45. The van der Waals surface area contributed by atoms with Gasteiger partial charge in [-0.1, -0.05) is 23.9 Å². The maximum atomic E-state index is 12.0. The van der Waals surface area contributed by atoms with E-state index in [9.17, 15) is 14.9 Å². The Labute approximate surface area is 159 Å². The number of nitro benzene ring substituents is 1. The standard InChI is InChI=1S/C18H17N5O3S/c1-2-22-16-6-4-3-5-15(16)20-18(22)27-12-17(24)21-19-11-13-7-9-14(10-8-13)23(25)26/h3-11H,2,12H2,1H3,(H,21,24)/b19-11-. The number of non-ortho nitro benzene ring substituents is 1. The highest BCUT2D eigenvalue weighted by Gasteiger charge is 2.11. The van der Waals surface area contributed by atoms with E-state index in [0.29, 0.717) is 5.56 Å². The van der Waals surface area contributed by atoms with E-state index in [4.69, 9.17) is 0 Å². The van der Waals surface area contributed by atoms with Crippen molar-refractivity contribution in [3.05, 3.63) is 64.2 Å². The number of hydrazone groups is 1. The predicted octanol–water partition coefficient (Wildman–Crippen LogP) is 3.21. The summed E-state index contributed by atoms with van der Waals surface area (Å²) >= 11 is 1.35. The van der Waals surface area contributed by atoms with Crippen molar-refractivity contribution >= 4 is 40.6 Å². The molecule has 9 heteroatoms. The molecule has 0 fully saturated rings. The molecule has 8 nitrogen and oxygen atoms in total. The average molecular weight is 383 g/mol. The van der Waals surface area contributed by atoms with Crippen LogP contribution in [0.5, 0.6) is 0 Å². The molecule has 1 amide bonds. The number of imidazole rings is 1. The minimum Gasteiger partial charge on any atom is -0.319 e. The summed E-state index contributed by atoms with van der Waals surface area (Å²) in [7, 11) is 0. The minimum absolute atomic E-state index is 0.00592. The lowest BCUT2D eigenvalue weighted by Gasteiger charge is -2.04. The number of aromatic nitrogens is 2. The van der Waals surface area contributed by atoms with Crippen molar-refractivity contribution < 1.29 is 9.72 Å². The molecule has 1 N–H and O–H groups in total. The maximum Gasteiger partial charge on any atom is 0.269 e. The lowest BCUT2D eigenvalue weighted by Crippen LogP contribution is -2.20. The molecule has 0 atom stereocenters. The number of fused-ring (bicyclic) bond motifs is 1. The molecule has 0 radical (unpaired) electrons. The monoisotopic (exact) mass is 383 g/mol. The summed E-state index contributed by atoms with van der Waals surface area (Å²) in [5.74, 6) is -0.0751. The zero-order valence-electron chi connectivity index (χ0n) is 14.5. The molecular weight excluding hydrogens is 366 g/mol. The third kappa shape index (κ3) is 4.50. The number of rotatable bonds is 7. The quantitative estimate of drug-likeness (QED) is 0.292. The molecule has 0 saturated heterocycles. The van der Waals surface area contributed by atoms with Gasteiger partial charge in [-0.2, -0.15) is 5.10 Å². The van der Waals surface area contributed by atoms with Crippen molar-refractivity contribution in [2.24, 2.45) is 5.10 Å². The Morgan fingerprint density at radius 3 is 2.74 bits per heavy atom. The zero-order chi connectivity index (χ0) is 19.2. The SMILES string of the molecule is CCn1c(SCC(=O)N/N=C\c2ccc([N+](=O)[O-])cc2)nc2ccccc21. The van der Waals surface area contributed by atoms with Crippen LogP contribution in [-0.2, 0) is 11.3 Å². The molecule has 0 saturated carbocycles. The Morgan fingerprint density at radius 2 is 2.04 bits per heavy atom. The molecular formula is C18H17N5O3S. The van der Waals surface area contributed by atoms with Gasteiger partial charge in [-0.25, -0.2) is 10.4 Å². The molecule has 0 aliphatic rings. The van der Waals surface area contributed by atoms with E-state index in [1.165, 1.54) is 30.1 Å². The number of para-hydroxylation sites is 2. The van der Waals surface area contributed by atoms with Gasteiger partial charge in [0.1, 0.15) is 0 Å². The molecule has 1 aromatic heterocycles. The van der Waals surface area contributed by atoms with Crippen LogP contribution in [0.3, 0.4) is 0 Å². The van der Waals surface area contributed by atoms with E-state index in [-0.39, 0.29) is 17.3 Å². The Hall–Kier alpha value is -3.20. The Bertz CT molecular complexity index is 998. The smallest absolute Gasteiger partial charge is 0.269 e. The summed E-state index contributed by atoms with van der Waals surface area (Å²) in [6.07, 6.45) is 1.44. The van der Waals surface area contributed by atoms with E-state index in [1.54, 1.807) is 12.1 Å². The molecule has 0 bridgehead atoms. The number of aryl methyl sites for hydroxylation is 1. The van der Waals surface area contributed by atoms with Crippen LogP contribution in [0.2, 0.25) is 0 Å². The van der Waals surface area contributed by atoms with E-state index >= 15 is 0 Å². The Morgan fingerprint density at radius 1 is 1.30 bits per heavy atom. The number of benzene rings is 2. The van der Waals surface area contributed by atoms with E-state index in [0.717, 1.165) is 22.7 Å². The van der Waals surface area contributed by atoms with Gasteiger partial charge in [0.05, 0.1) is 27.9 Å². The summed E-state index contributed by atoms with van der Waals surface area (Å²) in [5, 5.41) is 15.3. The van der Waals surface area contributed by atoms with Gasteiger partial charge in [-0.3, -0.25) is 14.9 Å². The number of hydrogen-bond acceptors (Lipinski definition) is 6. The third-order valence-electron chi connectivity index (χ3n) is 3.77. The molecule has 3 aromatic rings. The second-order valence-electron chi connectivity index (χ2n) is 5.56. The number of amides is 1. The van der Waals surface area contributed by atoms with Crippen molar-refractivity contribution in [2.75, 3.05) is 5.75 Å². The van der Waals surface area contributed by atoms with Crippen LogP contribution in [0, 0.1) is 10.1 Å². The van der Waals surface area contributed by atoms with Gasteiger partial charge in [-0.15, -0.1) is 0 Å². The van der Waals surface area contributed by atoms with E-state index < -0.39 is 4.92 Å². The molecule has 138 valence electrons. The first-order valence-corrected chi connectivity index (χ1v) is 9.21. The van der Waals surface area contributed by atoms with Crippen molar-refractivity contribution in [2.45, 2.75) is 18.6 Å². The summed E-state index contributed by atoms with van der Waals surface area (Å²) in [5.41, 5.74) is 5.05. The van der Waals surface area contributed by atoms with Gasteiger partial charge in [-0.05, 0) is 36.8 Å². The van der Waals surface area contributed by atoms with Gasteiger partial charge in [0, 0.05) is 18.7 Å². The zero-order valence-corrected chi connectivity index (χ0v) is 15.3. The number of nitro groups is 1. The molecule has 0 unspecified atom stereocenters. The number of carbonyl (C=O) groups excluding carboxylic acids is 1. The van der Waals surface area contributed by atoms with Gasteiger partial charge in [0.15, 0.2) is 5.16 Å². The fourth-order valence-corrected chi connectivity index (χ4v) is 3.36. The molecule has 0 aliphatic heterocycles. The number of thioether (sulfide) groups is 1. The molecule has 27 heavy (non-hydrogen) atoms. The van der Waals surface area contributed by atoms with Crippen LogP contribution in [-0.4, -0.2) is 32.3 Å². The highest BCUT2D eigenvalue weighted by molar-refractivity contribution is 7.99. The Balaban J connectivity index is 1.56. The van der Waals surface area contributed by atoms with Crippen LogP contribution in [0.15, 0.2) is 58.8 Å². The van der Waals surface area contributed by atoms with Crippen molar-refractivity contribution in [3.8, 4) is 0 Å². The largest absolute Gasteiger partial charge is 0.319 e. The van der Waals surface area contributed by atoms with Crippen LogP contribution >= 0.6 is 11.8 Å². The minimum atomic E-state index is -0.469. The number of nitrogens with zero attached hydrogens (tertiary/aromatic N) is 4. The summed E-state index contributed by atoms with van der Waals surface area (Å²) in [6, 6.07) is 13.7. The highest BCUT2D eigenvalue weighted by atomic mass is 32.2. The van der Waals surface area contributed by atoms with Crippen molar-refractivity contribution in [1.82, 2.24) is 15.0 Å². The molecule has 0 aliphatic carbocycles. The first kappa shape index (κ1) is 18.6. The van der Waals surface area contributed by atoms with Crippen LogP contribution in [0.25, 0.3) is 11.0 Å². The molecule has 0 spiro atoms. The fourth-order valence-electron chi connectivity index (χ4n) is 2.49. The molecule has 1 heterocycles. The normalized spacial score (nSPS) is 11.1. The van der Waals surface area contributed by atoms with E-state index in [1.807, 2.05) is 31.2 Å². The number of nitrogens with one attached hydrogen (secondary N) is 1. The predicted molar refractivity (Wildman–Crippen MR) is 105 cm³/mol. The van der Waals surface area contributed by atoms with Gasteiger partial charge in [0.2, 0.25) is 0 Å². The fraction of sp³-hybridized carbons (Fsp3) is 0.167. The van der Waals surface area contributed by atoms with Crippen LogP contribution < -0.4 is 5.43 Å². The van der Waals surface area contributed by atoms with Crippen LogP contribution in [0.1, 0.15) is 12.5 Å². The first-order chi connectivity index (χ1) is 13.1. The third-order valence-corrected chi connectivity index (χ3v) is 4.75. The first-order valence-electron chi connectivity index (χ1n) is 8.23. The number of hydrogen-bond donors (Lipinski definition) is 1. The summed E-state index contributed by atoms with van der Waals surface area (Å²) in [6.45, 7) is 2.80. The van der Waals surface area contributed by atoms with Gasteiger partial charge in [0.25, 0.3) is 11.6 Å². The summed E-state index contributed by atoms with van der Waals surface area (Å²) in [4.78, 5) is 26.7.